The lowest BCUT2D eigenvalue weighted by atomic mass is 10.0. The number of nitrogens with two attached hydrogens (primary N) is 1. The molecule has 4 heteroatoms. The molecule has 0 saturated heterocycles. The number of hydrogen-bond acceptors (Lipinski definition) is 2. The first kappa shape index (κ1) is 15.3. The molecule has 0 aliphatic carbocycles. The number of anilines is 1. The number of rotatable bonds is 4. The van der Waals surface area contributed by atoms with E-state index in [1.54, 1.807) is 11.0 Å². The van der Waals surface area contributed by atoms with Crippen molar-refractivity contribution in [2.75, 3.05) is 4.90 Å². The zero-order valence-electron chi connectivity index (χ0n) is 13.4. The molecule has 118 valence electrons. The highest BCUT2D eigenvalue weighted by Crippen LogP contribution is 2.30. The third-order valence-corrected chi connectivity index (χ3v) is 4.23. The van der Waals surface area contributed by atoms with Crippen LogP contribution in [0.5, 0.6) is 0 Å². The van der Waals surface area contributed by atoms with Crippen molar-refractivity contribution in [2.45, 2.75) is 32.7 Å². The molecule has 2 aromatic rings. The Balaban J connectivity index is 1.87. The Labute approximate surface area is 135 Å². The molecule has 3 rings (SSSR count). The van der Waals surface area contributed by atoms with Crippen molar-refractivity contribution < 1.29 is 9.59 Å². The molecule has 23 heavy (non-hydrogen) atoms. The van der Waals surface area contributed by atoms with Gasteiger partial charge in [0.2, 0.25) is 5.91 Å². The monoisotopic (exact) mass is 308 g/mol. The Morgan fingerprint density at radius 2 is 1.87 bits per heavy atom. The summed E-state index contributed by atoms with van der Waals surface area (Å²) in [6.45, 7) is 4.85. The highest BCUT2D eigenvalue weighted by molar-refractivity contribution is 6.10. The number of primary amides is 1. The molecule has 0 spiro atoms. The summed E-state index contributed by atoms with van der Waals surface area (Å²) in [6, 6.07) is 13.7. The van der Waals surface area contributed by atoms with Crippen LogP contribution in [0.2, 0.25) is 0 Å². The van der Waals surface area contributed by atoms with E-state index in [0.717, 1.165) is 16.8 Å². The van der Waals surface area contributed by atoms with Gasteiger partial charge in [-0.3, -0.25) is 9.59 Å². The molecular weight excluding hydrogens is 288 g/mol. The van der Waals surface area contributed by atoms with E-state index in [4.69, 9.17) is 5.73 Å². The van der Waals surface area contributed by atoms with Gasteiger partial charge in [-0.2, -0.15) is 0 Å². The van der Waals surface area contributed by atoms with E-state index in [-0.39, 0.29) is 12.3 Å². The van der Waals surface area contributed by atoms with Gasteiger partial charge in [0.05, 0.1) is 13.0 Å². The van der Waals surface area contributed by atoms with Crippen LogP contribution in [0.25, 0.3) is 0 Å². The molecule has 0 unspecified atom stereocenters. The molecule has 2 N–H and O–H groups in total. The maximum atomic E-state index is 12.7. The van der Waals surface area contributed by atoms with Crippen molar-refractivity contribution in [3.8, 4) is 0 Å². The first-order valence-corrected chi connectivity index (χ1v) is 7.77. The Morgan fingerprint density at radius 1 is 1.17 bits per heavy atom. The molecule has 1 heterocycles. The number of benzene rings is 2. The van der Waals surface area contributed by atoms with E-state index in [1.165, 1.54) is 5.56 Å². The fourth-order valence-corrected chi connectivity index (χ4v) is 2.91. The minimum Gasteiger partial charge on any atom is -0.369 e. The third-order valence-electron chi connectivity index (χ3n) is 4.23. The lowest BCUT2D eigenvalue weighted by Gasteiger charge is -2.16. The molecule has 0 bridgehead atoms. The average Bonchev–Trinajstić information content (AvgIpc) is 2.84. The fraction of sp³-hybridized carbons (Fsp3) is 0.263. The summed E-state index contributed by atoms with van der Waals surface area (Å²) in [6.07, 6.45) is 0.156. The molecule has 1 aliphatic heterocycles. The molecular formula is C19H20N2O2. The number of carbonyl (C=O) groups excluding carboxylic acids is 2. The Kier molecular flexibility index (Phi) is 3.90. The molecule has 1 aliphatic rings. The second-order valence-corrected chi connectivity index (χ2v) is 6.27. The van der Waals surface area contributed by atoms with Gasteiger partial charge in [0, 0.05) is 11.3 Å². The van der Waals surface area contributed by atoms with Crippen LogP contribution in [0.1, 0.15) is 46.8 Å². The maximum absolute atomic E-state index is 12.7. The predicted molar refractivity (Wildman–Crippen MR) is 90.4 cm³/mol. The number of hydrogen-bond donors (Lipinski definition) is 1. The predicted octanol–water partition coefficient (Wildman–Crippen LogP) is 3.00. The lowest BCUT2D eigenvalue weighted by Crippen LogP contribution is -2.23. The minimum absolute atomic E-state index is 0.0244. The van der Waals surface area contributed by atoms with Crippen LogP contribution in [-0.4, -0.2) is 11.8 Å². The summed E-state index contributed by atoms with van der Waals surface area (Å²) < 4.78 is 0. The second kappa shape index (κ2) is 5.88. The topological polar surface area (TPSA) is 63.4 Å². The molecule has 4 nitrogen and oxygen atoms in total. The summed E-state index contributed by atoms with van der Waals surface area (Å²) in [5.41, 5.74) is 9.80. The van der Waals surface area contributed by atoms with Crippen molar-refractivity contribution in [3.63, 3.8) is 0 Å². The van der Waals surface area contributed by atoms with E-state index >= 15 is 0 Å². The van der Waals surface area contributed by atoms with Crippen LogP contribution >= 0.6 is 0 Å². The van der Waals surface area contributed by atoms with E-state index in [2.05, 4.69) is 26.0 Å². The van der Waals surface area contributed by atoms with E-state index in [0.29, 0.717) is 18.0 Å². The second-order valence-electron chi connectivity index (χ2n) is 6.27. The van der Waals surface area contributed by atoms with Gasteiger partial charge < -0.3 is 10.6 Å². The van der Waals surface area contributed by atoms with Gasteiger partial charge in [0.25, 0.3) is 5.91 Å². The highest BCUT2D eigenvalue weighted by atomic mass is 16.2. The summed E-state index contributed by atoms with van der Waals surface area (Å²) in [5, 5.41) is 0. The highest BCUT2D eigenvalue weighted by Gasteiger charge is 2.28. The van der Waals surface area contributed by atoms with Crippen LogP contribution < -0.4 is 10.6 Å². The standard InChI is InChI=1S/C19H20N2O2/c1-12(2)14-5-7-16(8-6-14)21-11-15-4-3-13(10-18(20)22)9-17(15)19(21)23/h3-9,12H,10-11H2,1-2H3,(H2,20,22). The van der Waals surface area contributed by atoms with E-state index < -0.39 is 5.91 Å². The van der Waals surface area contributed by atoms with Crippen molar-refractivity contribution in [3.05, 3.63) is 64.7 Å². The Morgan fingerprint density at radius 3 is 2.48 bits per heavy atom. The van der Waals surface area contributed by atoms with Crippen molar-refractivity contribution in [1.82, 2.24) is 0 Å². The van der Waals surface area contributed by atoms with Crippen molar-refractivity contribution >= 4 is 17.5 Å². The maximum Gasteiger partial charge on any atom is 0.258 e. The van der Waals surface area contributed by atoms with Gasteiger partial charge >= 0.3 is 0 Å². The van der Waals surface area contributed by atoms with Crippen molar-refractivity contribution in [2.24, 2.45) is 5.73 Å². The zero-order valence-corrected chi connectivity index (χ0v) is 13.4. The van der Waals surface area contributed by atoms with Gasteiger partial charge in [-0.05, 0) is 40.8 Å². The number of nitrogens with zero attached hydrogens (tertiary/aromatic N) is 1. The van der Waals surface area contributed by atoms with Crippen LogP contribution in [0.4, 0.5) is 5.69 Å². The molecule has 0 radical (unpaired) electrons. The Bertz CT molecular complexity index is 763. The van der Waals surface area contributed by atoms with E-state index in [1.807, 2.05) is 24.3 Å². The van der Waals surface area contributed by atoms with Crippen LogP contribution in [-0.2, 0) is 17.8 Å². The molecule has 2 aromatic carbocycles. The largest absolute Gasteiger partial charge is 0.369 e. The van der Waals surface area contributed by atoms with Crippen LogP contribution in [0.3, 0.4) is 0 Å². The first-order valence-electron chi connectivity index (χ1n) is 7.77. The molecule has 0 atom stereocenters. The molecule has 0 fully saturated rings. The summed E-state index contributed by atoms with van der Waals surface area (Å²) in [4.78, 5) is 25.5. The molecule has 0 aromatic heterocycles. The molecule has 2 amide bonds. The summed E-state index contributed by atoms with van der Waals surface area (Å²) >= 11 is 0. The third kappa shape index (κ3) is 2.97. The van der Waals surface area contributed by atoms with Crippen LogP contribution in [0.15, 0.2) is 42.5 Å². The van der Waals surface area contributed by atoms with Crippen molar-refractivity contribution in [1.29, 1.82) is 0 Å². The number of amides is 2. The van der Waals surface area contributed by atoms with Gasteiger partial charge in [-0.1, -0.05) is 38.1 Å². The quantitative estimate of drug-likeness (QED) is 0.943. The Hall–Kier alpha value is -2.62. The lowest BCUT2D eigenvalue weighted by molar-refractivity contribution is -0.117. The summed E-state index contributed by atoms with van der Waals surface area (Å²) in [7, 11) is 0. The zero-order chi connectivity index (χ0) is 16.6. The normalized spacial score (nSPS) is 13.5. The van der Waals surface area contributed by atoms with Crippen LogP contribution in [0, 0.1) is 0 Å². The smallest absolute Gasteiger partial charge is 0.258 e. The molecule has 0 saturated carbocycles. The SMILES string of the molecule is CC(C)c1ccc(N2Cc3ccc(CC(N)=O)cc3C2=O)cc1. The van der Waals surface area contributed by atoms with Gasteiger partial charge in [0.15, 0.2) is 0 Å². The number of carbonyl (C=O) groups is 2. The first-order chi connectivity index (χ1) is 11.0. The van der Waals surface area contributed by atoms with E-state index in [9.17, 15) is 9.59 Å². The minimum atomic E-state index is -0.392. The summed E-state index contributed by atoms with van der Waals surface area (Å²) in [5.74, 6) is 0.0482. The van der Waals surface area contributed by atoms with Gasteiger partial charge in [0.1, 0.15) is 0 Å². The average molecular weight is 308 g/mol. The van der Waals surface area contributed by atoms with Gasteiger partial charge in [-0.15, -0.1) is 0 Å². The number of fused-ring (bicyclic) bond motifs is 1. The fourth-order valence-electron chi connectivity index (χ4n) is 2.91. The van der Waals surface area contributed by atoms with Gasteiger partial charge in [-0.25, -0.2) is 0 Å².